The number of hydrogen-bond donors (Lipinski definition) is 1. The number of rotatable bonds is 6. The summed E-state index contributed by atoms with van der Waals surface area (Å²) in [6.45, 7) is 7.81. The summed E-state index contributed by atoms with van der Waals surface area (Å²) in [7, 11) is 0. The summed E-state index contributed by atoms with van der Waals surface area (Å²) in [5.41, 5.74) is 1.61. The van der Waals surface area contributed by atoms with Crippen LogP contribution in [0.2, 0.25) is 0 Å². The third kappa shape index (κ3) is 7.25. The van der Waals surface area contributed by atoms with E-state index in [9.17, 15) is 4.79 Å². The summed E-state index contributed by atoms with van der Waals surface area (Å²) in [4.78, 5) is 16.2. The molecule has 25 heavy (non-hydrogen) atoms. The number of ether oxygens (including phenoxy) is 2. The SMILES string of the molecule is Cc1cncc(OC[C@H](Cc2ccccc2)NC(=O)OC(C)(C)C)c1. The molecule has 1 amide bonds. The van der Waals surface area contributed by atoms with E-state index in [-0.39, 0.29) is 6.04 Å². The van der Waals surface area contributed by atoms with E-state index in [1.54, 1.807) is 12.4 Å². The van der Waals surface area contributed by atoms with Gasteiger partial charge in [-0.15, -0.1) is 0 Å². The largest absolute Gasteiger partial charge is 0.490 e. The topological polar surface area (TPSA) is 60.5 Å². The van der Waals surface area contributed by atoms with Crippen LogP contribution >= 0.6 is 0 Å². The first-order chi connectivity index (χ1) is 11.8. The van der Waals surface area contributed by atoms with Gasteiger partial charge in [-0.25, -0.2) is 4.79 Å². The number of benzene rings is 1. The van der Waals surface area contributed by atoms with Crippen molar-refractivity contribution < 1.29 is 14.3 Å². The van der Waals surface area contributed by atoms with Crippen LogP contribution in [0.5, 0.6) is 5.75 Å². The molecule has 0 unspecified atom stereocenters. The molecule has 5 nitrogen and oxygen atoms in total. The lowest BCUT2D eigenvalue weighted by Gasteiger charge is -2.24. The van der Waals surface area contributed by atoms with E-state index in [0.29, 0.717) is 18.8 Å². The van der Waals surface area contributed by atoms with Crippen LogP contribution in [-0.4, -0.2) is 29.3 Å². The Kier molecular flexibility index (Phi) is 6.39. The van der Waals surface area contributed by atoms with E-state index in [4.69, 9.17) is 9.47 Å². The molecule has 0 spiro atoms. The highest BCUT2D eigenvalue weighted by Gasteiger charge is 2.20. The number of nitrogens with one attached hydrogen (secondary N) is 1. The summed E-state index contributed by atoms with van der Waals surface area (Å²) in [5, 5.41) is 2.90. The summed E-state index contributed by atoms with van der Waals surface area (Å²) in [5.74, 6) is 0.684. The van der Waals surface area contributed by atoms with Crippen LogP contribution in [0.15, 0.2) is 48.8 Å². The first kappa shape index (κ1) is 18.8. The third-order valence-electron chi connectivity index (χ3n) is 3.35. The van der Waals surface area contributed by atoms with Gasteiger partial charge in [-0.1, -0.05) is 30.3 Å². The molecule has 1 N–H and O–H groups in total. The molecule has 5 heteroatoms. The minimum Gasteiger partial charge on any atom is -0.490 e. The minimum atomic E-state index is -0.539. The van der Waals surface area contributed by atoms with Crippen molar-refractivity contribution in [3.63, 3.8) is 0 Å². The predicted molar refractivity (Wildman–Crippen MR) is 97.8 cm³/mol. The molecule has 1 atom stereocenters. The second kappa shape index (κ2) is 8.51. The lowest BCUT2D eigenvalue weighted by molar-refractivity contribution is 0.0487. The molecule has 0 radical (unpaired) electrons. The van der Waals surface area contributed by atoms with Crippen LogP contribution < -0.4 is 10.1 Å². The fourth-order valence-electron chi connectivity index (χ4n) is 2.33. The smallest absolute Gasteiger partial charge is 0.408 e. The van der Waals surface area contributed by atoms with Crippen molar-refractivity contribution in [3.05, 3.63) is 59.9 Å². The Morgan fingerprint density at radius 1 is 1.20 bits per heavy atom. The number of aromatic nitrogens is 1. The van der Waals surface area contributed by atoms with Crippen molar-refractivity contribution >= 4 is 6.09 Å². The van der Waals surface area contributed by atoms with Crippen LogP contribution in [-0.2, 0) is 11.2 Å². The Morgan fingerprint density at radius 3 is 2.56 bits per heavy atom. The van der Waals surface area contributed by atoms with Gasteiger partial charge in [0.1, 0.15) is 18.0 Å². The molecular weight excluding hydrogens is 316 g/mol. The van der Waals surface area contributed by atoms with Crippen LogP contribution in [0, 0.1) is 6.92 Å². The number of carbonyl (C=O) groups excluding carboxylic acids is 1. The van der Waals surface area contributed by atoms with E-state index >= 15 is 0 Å². The maximum Gasteiger partial charge on any atom is 0.408 e. The number of nitrogens with zero attached hydrogens (tertiary/aromatic N) is 1. The highest BCUT2D eigenvalue weighted by Crippen LogP contribution is 2.13. The number of pyridine rings is 1. The Labute approximate surface area is 149 Å². The van der Waals surface area contributed by atoms with Crippen LogP contribution in [0.4, 0.5) is 4.79 Å². The zero-order valence-corrected chi connectivity index (χ0v) is 15.3. The molecule has 1 heterocycles. The van der Waals surface area contributed by atoms with Gasteiger partial charge in [0.2, 0.25) is 0 Å². The van der Waals surface area contributed by atoms with Gasteiger partial charge in [0, 0.05) is 6.20 Å². The molecule has 1 aromatic carbocycles. The summed E-state index contributed by atoms with van der Waals surface area (Å²) >= 11 is 0. The molecule has 0 saturated carbocycles. The van der Waals surface area contributed by atoms with Crippen molar-refractivity contribution in [2.75, 3.05) is 6.61 Å². The average Bonchev–Trinajstić information content (AvgIpc) is 2.52. The first-order valence-corrected chi connectivity index (χ1v) is 8.40. The normalized spacial score (nSPS) is 12.3. The van der Waals surface area contributed by atoms with Crippen LogP contribution in [0.1, 0.15) is 31.9 Å². The van der Waals surface area contributed by atoms with Crippen molar-refractivity contribution in [2.45, 2.75) is 45.8 Å². The average molecular weight is 342 g/mol. The molecule has 2 aromatic rings. The summed E-state index contributed by atoms with van der Waals surface area (Å²) < 4.78 is 11.2. The zero-order chi connectivity index (χ0) is 18.3. The first-order valence-electron chi connectivity index (χ1n) is 8.40. The molecule has 134 valence electrons. The van der Waals surface area contributed by atoms with Crippen molar-refractivity contribution in [1.82, 2.24) is 10.3 Å². The number of hydrogen-bond acceptors (Lipinski definition) is 4. The van der Waals surface area contributed by atoms with E-state index in [2.05, 4.69) is 10.3 Å². The van der Waals surface area contributed by atoms with Crippen molar-refractivity contribution in [3.8, 4) is 5.75 Å². The van der Waals surface area contributed by atoms with Crippen molar-refractivity contribution in [2.24, 2.45) is 0 Å². The lowest BCUT2D eigenvalue weighted by atomic mass is 10.1. The second-order valence-corrected chi connectivity index (χ2v) is 7.04. The number of alkyl carbamates (subject to hydrolysis) is 1. The molecule has 1 aromatic heterocycles. The zero-order valence-electron chi connectivity index (χ0n) is 15.3. The molecule has 0 bridgehead atoms. The standard InChI is InChI=1S/C20H26N2O3/c1-15-10-18(13-21-12-15)24-14-17(11-16-8-6-5-7-9-16)22-19(23)25-20(2,3)4/h5-10,12-13,17H,11,14H2,1-4H3,(H,22,23)/t17-/m0/s1. The van der Waals surface area contributed by atoms with Crippen molar-refractivity contribution in [1.29, 1.82) is 0 Å². The molecule has 0 aliphatic rings. The molecular formula is C20H26N2O3. The van der Waals surface area contributed by atoms with Gasteiger partial charge in [0.25, 0.3) is 0 Å². The van der Waals surface area contributed by atoms with Gasteiger partial charge in [-0.05, 0) is 51.3 Å². The van der Waals surface area contributed by atoms with Gasteiger partial charge in [0.05, 0.1) is 12.2 Å². The number of amides is 1. The highest BCUT2D eigenvalue weighted by atomic mass is 16.6. The Hall–Kier alpha value is -2.56. The van der Waals surface area contributed by atoms with Crippen LogP contribution in [0.25, 0.3) is 0 Å². The molecule has 2 rings (SSSR count). The monoisotopic (exact) mass is 342 g/mol. The van der Waals surface area contributed by atoms with E-state index in [1.165, 1.54) is 0 Å². The maximum atomic E-state index is 12.1. The second-order valence-electron chi connectivity index (χ2n) is 7.04. The predicted octanol–water partition coefficient (Wildman–Crippen LogP) is 3.90. The molecule has 0 fully saturated rings. The quantitative estimate of drug-likeness (QED) is 0.865. The van der Waals surface area contributed by atoms with Gasteiger partial charge in [0.15, 0.2) is 0 Å². The maximum absolute atomic E-state index is 12.1. The fraction of sp³-hybridized carbons (Fsp3) is 0.400. The fourth-order valence-corrected chi connectivity index (χ4v) is 2.33. The van der Waals surface area contributed by atoms with Gasteiger partial charge in [-0.2, -0.15) is 0 Å². The summed E-state index contributed by atoms with van der Waals surface area (Å²) in [6.07, 6.45) is 3.64. The van der Waals surface area contributed by atoms with Gasteiger partial charge >= 0.3 is 6.09 Å². The van der Waals surface area contributed by atoms with Gasteiger partial charge in [-0.3, -0.25) is 4.98 Å². The third-order valence-corrected chi connectivity index (χ3v) is 3.35. The van der Waals surface area contributed by atoms with Crippen LogP contribution in [0.3, 0.4) is 0 Å². The molecule has 0 saturated heterocycles. The summed E-state index contributed by atoms with van der Waals surface area (Å²) in [6, 6.07) is 11.7. The molecule has 0 aliphatic carbocycles. The number of carbonyl (C=O) groups is 1. The Bertz CT molecular complexity index is 681. The van der Waals surface area contributed by atoms with E-state index < -0.39 is 11.7 Å². The molecule has 0 aliphatic heterocycles. The van der Waals surface area contributed by atoms with E-state index in [1.807, 2.05) is 64.1 Å². The van der Waals surface area contributed by atoms with E-state index in [0.717, 1.165) is 11.1 Å². The van der Waals surface area contributed by atoms with Gasteiger partial charge < -0.3 is 14.8 Å². The lowest BCUT2D eigenvalue weighted by Crippen LogP contribution is -2.43. The highest BCUT2D eigenvalue weighted by molar-refractivity contribution is 5.68. The Morgan fingerprint density at radius 2 is 1.92 bits per heavy atom. The number of aryl methyl sites for hydroxylation is 1. The minimum absolute atomic E-state index is 0.210. The Balaban J connectivity index is 2.01.